The summed E-state index contributed by atoms with van der Waals surface area (Å²) < 4.78 is 1.04. The summed E-state index contributed by atoms with van der Waals surface area (Å²) >= 11 is 3.29. The molecule has 0 unspecified atom stereocenters. The third kappa shape index (κ3) is 4.42. The highest BCUT2D eigenvalue weighted by Gasteiger charge is 2.54. The standard InChI is InChI=1S/C17H16N8O7S3/c1-24-13(29)11(27)21-22-17(24)35-3-5-2-33-14-8(12(28)25(14)9(5)15(30)31)20-10(26)7(23-32)6-4-34-16(18)19-6/h4,8,14,32H,2-3H2,1H3,(H2,18,19)(H,20,26)(H,21,27)(H,30,31)/t8-,14+/m1/s1. The molecule has 2 amide bonds. The Bertz CT molecular complexity index is 1410. The molecule has 0 radical (unpaired) electrons. The number of β-lactam (4-membered cyclic amide) rings is 1. The van der Waals surface area contributed by atoms with Crippen molar-refractivity contribution >= 4 is 63.5 Å². The number of fused-ring (bicyclic) bond motifs is 1. The second-order valence-corrected chi connectivity index (χ2v) is 10.1. The van der Waals surface area contributed by atoms with Gasteiger partial charge in [-0.2, -0.15) is 0 Å². The van der Waals surface area contributed by atoms with Crippen LogP contribution in [0.25, 0.3) is 0 Å². The highest BCUT2D eigenvalue weighted by Crippen LogP contribution is 2.41. The van der Waals surface area contributed by atoms with Crippen LogP contribution in [-0.4, -0.2) is 81.4 Å². The monoisotopic (exact) mass is 540 g/mol. The number of aliphatic carboxylic acids is 1. The minimum absolute atomic E-state index is 0.0307. The van der Waals surface area contributed by atoms with E-state index >= 15 is 0 Å². The highest BCUT2D eigenvalue weighted by atomic mass is 32.2. The summed E-state index contributed by atoms with van der Waals surface area (Å²) in [5.74, 6) is -2.55. The third-order valence-electron chi connectivity index (χ3n) is 5.03. The first-order valence-corrected chi connectivity index (χ1v) is 12.5. The molecule has 0 aliphatic carbocycles. The Labute approximate surface area is 207 Å². The molecule has 2 aromatic rings. The van der Waals surface area contributed by atoms with E-state index in [-0.39, 0.29) is 33.2 Å². The van der Waals surface area contributed by atoms with Crippen molar-refractivity contribution in [1.29, 1.82) is 0 Å². The zero-order valence-electron chi connectivity index (χ0n) is 17.6. The molecule has 2 aromatic heterocycles. The van der Waals surface area contributed by atoms with Gasteiger partial charge >= 0.3 is 17.1 Å². The van der Waals surface area contributed by atoms with Gasteiger partial charge in [-0.25, -0.2) is 14.9 Å². The lowest BCUT2D eigenvalue weighted by molar-refractivity contribution is -0.150. The Morgan fingerprint density at radius 1 is 1.40 bits per heavy atom. The topological polar surface area (TPSA) is 226 Å². The lowest BCUT2D eigenvalue weighted by Crippen LogP contribution is -2.71. The average molecular weight is 541 g/mol. The van der Waals surface area contributed by atoms with Gasteiger partial charge in [0.15, 0.2) is 16.0 Å². The summed E-state index contributed by atoms with van der Waals surface area (Å²) in [4.78, 5) is 65.5. The zero-order valence-corrected chi connectivity index (χ0v) is 20.1. The van der Waals surface area contributed by atoms with E-state index in [0.29, 0.717) is 5.57 Å². The molecule has 2 aliphatic rings. The van der Waals surface area contributed by atoms with Crippen LogP contribution in [0.5, 0.6) is 0 Å². The summed E-state index contributed by atoms with van der Waals surface area (Å²) in [7, 11) is 1.36. The van der Waals surface area contributed by atoms with E-state index in [1.807, 2.05) is 0 Å². The van der Waals surface area contributed by atoms with Crippen molar-refractivity contribution in [3.63, 3.8) is 0 Å². The van der Waals surface area contributed by atoms with Crippen molar-refractivity contribution in [3.8, 4) is 0 Å². The van der Waals surface area contributed by atoms with Crippen molar-refractivity contribution < 1.29 is 24.7 Å². The molecule has 4 heterocycles. The van der Waals surface area contributed by atoms with Crippen LogP contribution in [-0.2, 0) is 21.4 Å². The number of amides is 2. The van der Waals surface area contributed by atoms with Gasteiger partial charge in [0, 0.05) is 23.9 Å². The summed E-state index contributed by atoms with van der Waals surface area (Å²) in [6.45, 7) is 0. The first-order chi connectivity index (χ1) is 16.6. The number of nitrogens with two attached hydrogens (primary N) is 1. The number of aromatic amines is 1. The van der Waals surface area contributed by atoms with Crippen molar-refractivity contribution in [2.45, 2.75) is 16.6 Å². The molecule has 35 heavy (non-hydrogen) atoms. The number of nitrogens with one attached hydrogen (secondary N) is 2. The fourth-order valence-electron chi connectivity index (χ4n) is 3.35. The minimum Gasteiger partial charge on any atom is -0.477 e. The molecule has 15 nitrogen and oxygen atoms in total. The lowest BCUT2D eigenvalue weighted by Gasteiger charge is -2.49. The molecule has 0 spiro atoms. The molecule has 0 aromatic carbocycles. The van der Waals surface area contributed by atoms with Crippen molar-refractivity contribution in [2.75, 3.05) is 17.2 Å². The number of hydrogen-bond donors (Lipinski definition) is 5. The molecule has 2 aliphatic heterocycles. The zero-order chi connectivity index (χ0) is 25.4. The number of anilines is 1. The third-order valence-corrected chi connectivity index (χ3v) is 8.16. The number of carbonyl (C=O) groups excluding carboxylic acids is 2. The Morgan fingerprint density at radius 2 is 2.14 bits per heavy atom. The van der Waals surface area contributed by atoms with E-state index < -0.39 is 46.0 Å². The van der Waals surface area contributed by atoms with Gasteiger partial charge in [0.25, 0.3) is 11.8 Å². The van der Waals surface area contributed by atoms with Gasteiger partial charge in [-0.15, -0.1) is 28.2 Å². The number of carboxylic acid groups (broad SMARTS) is 1. The SMILES string of the molecule is Cn1c(SCC2=C(C(=O)O)N3C(=O)[C@@H](NC(=O)C(=NO)c4csc(N)n4)[C@@H]3SC2)n[nH]c(=O)c1=O. The van der Waals surface area contributed by atoms with Crippen LogP contribution in [0.2, 0.25) is 0 Å². The summed E-state index contributed by atoms with van der Waals surface area (Å²) in [6, 6.07) is -1.05. The van der Waals surface area contributed by atoms with E-state index in [1.165, 1.54) is 24.2 Å². The average Bonchev–Trinajstić information content (AvgIpc) is 3.25. The number of rotatable bonds is 7. The molecular weight excluding hydrogens is 524 g/mol. The largest absolute Gasteiger partial charge is 0.477 e. The maximum atomic E-state index is 12.8. The number of carbonyl (C=O) groups is 3. The molecular formula is C17H16N8O7S3. The molecule has 0 saturated carbocycles. The Morgan fingerprint density at radius 3 is 2.77 bits per heavy atom. The van der Waals surface area contributed by atoms with Gasteiger partial charge in [-0.05, 0) is 5.57 Å². The number of carboxylic acids is 1. The Hall–Kier alpha value is -3.64. The van der Waals surface area contributed by atoms with E-state index in [2.05, 4.69) is 25.7 Å². The van der Waals surface area contributed by atoms with Gasteiger partial charge in [0.1, 0.15) is 22.8 Å². The normalized spacial score (nSPS) is 19.9. The molecule has 18 heteroatoms. The van der Waals surface area contributed by atoms with Crippen LogP contribution in [0.1, 0.15) is 5.69 Å². The van der Waals surface area contributed by atoms with Crippen LogP contribution in [0, 0.1) is 0 Å². The predicted octanol–water partition coefficient (Wildman–Crippen LogP) is -1.78. The first-order valence-electron chi connectivity index (χ1n) is 9.56. The van der Waals surface area contributed by atoms with Gasteiger partial charge in [0.05, 0.1) is 0 Å². The first kappa shape index (κ1) is 24.5. The van der Waals surface area contributed by atoms with Crippen molar-refractivity contribution in [3.05, 3.63) is 43.1 Å². The maximum Gasteiger partial charge on any atom is 0.352 e. The molecule has 184 valence electrons. The number of thiazole rings is 1. The fourth-order valence-corrected chi connectivity index (χ4v) is 6.31. The number of hydrogen-bond acceptors (Lipinski definition) is 13. The summed E-state index contributed by atoms with van der Waals surface area (Å²) in [5, 5.41) is 31.3. The van der Waals surface area contributed by atoms with Gasteiger partial charge in [0.2, 0.25) is 0 Å². The molecule has 1 saturated heterocycles. The second-order valence-electron chi connectivity index (χ2n) is 7.13. The molecule has 0 bridgehead atoms. The fraction of sp³-hybridized carbons (Fsp3) is 0.294. The lowest BCUT2D eigenvalue weighted by atomic mass is 10.0. The summed E-state index contributed by atoms with van der Waals surface area (Å²) in [5.41, 5.74) is 3.61. The molecule has 2 atom stereocenters. The van der Waals surface area contributed by atoms with Crippen molar-refractivity contribution in [2.24, 2.45) is 12.2 Å². The number of nitrogens with zero attached hydrogens (tertiary/aromatic N) is 5. The smallest absolute Gasteiger partial charge is 0.352 e. The van der Waals surface area contributed by atoms with Crippen LogP contribution in [0.15, 0.2) is 36.6 Å². The molecule has 1 fully saturated rings. The number of aromatic nitrogens is 4. The molecule has 6 N–H and O–H groups in total. The number of nitrogen functional groups attached to an aromatic ring is 1. The van der Waals surface area contributed by atoms with Gasteiger partial charge < -0.3 is 21.4 Å². The minimum atomic E-state index is -1.33. The van der Waals surface area contributed by atoms with E-state index in [9.17, 15) is 34.3 Å². The summed E-state index contributed by atoms with van der Waals surface area (Å²) in [6.07, 6.45) is 0. The maximum absolute atomic E-state index is 12.8. The number of thioether (sulfide) groups is 2. The predicted molar refractivity (Wildman–Crippen MR) is 125 cm³/mol. The highest BCUT2D eigenvalue weighted by molar-refractivity contribution is 8.01. The van der Waals surface area contributed by atoms with Gasteiger partial charge in [-0.1, -0.05) is 16.9 Å². The van der Waals surface area contributed by atoms with Crippen molar-refractivity contribution in [1.82, 2.24) is 30.0 Å². The number of H-pyrrole nitrogens is 1. The van der Waals surface area contributed by atoms with E-state index in [4.69, 9.17) is 5.73 Å². The van der Waals surface area contributed by atoms with Crippen LogP contribution in [0.3, 0.4) is 0 Å². The number of oxime groups is 1. The Kier molecular flexibility index (Phi) is 6.68. The van der Waals surface area contributed by atoms with Crippen LogP contribution < -0.4 is 22.2 Å². The van der Waals surface area contributed by atoms with E-state index in [1.54, 1.807) is 0 Å². The van der Waals surface area contributed by atoms with E-state index in [0.717, 1.165) is 32.6 Å². The van der Waals surface area contributed by atoms with Gasteiger partial charge in [-0.3, -0.25) is 28.6 Å². The van der Waals surface area contributed by atoms with Crippen LogP contribution >= 0.6 is 34.9 Å². The van der Waals surface area contributed by atoms with Crippen LogP contribution in [0.4, 0.5) is 5.13 Å². The Balaban J connectivity index is 1.50. The second kappa shape index (κ2) is 9.55. The quantitative estimate of drug-likeness (QED) is 0.0656. The molecule has 4 rings (SSSR count).